The van der Waals surface area contributed by atoms with E-state index in [1.807, 2.05) is 13.0 Å². The second-order valence-electron chi connectivity index (χ2n) is 4.26. The van der Waals surface area contributed by atoms with Crippen LogP contribution in [0.5, 0.6) is 5.75 Å². The third-order valence-corrected chi connectivity index (χ3v) is 3.82. The zero-order valence-corrected chi connectivity index (χ0v) is 12.4. The van der Waals surface area contributed by atoms with Crippen LogP contribution in [-0.2, 0) is 0 Å². The van der Waals surface area contributed by atoms with Crippen molar-refractivity contribution in [3.05, 3.63) is 45.6 Å². The smallest absolute Gasteiger partial charge is 0.265 e. The Morgan fingerprint density at radius 1 is 1.38 bits per heavy atom. The average Bonchev–Trinajstić information content (AvgIpc) is 2.93. The van der Waals surface area contributed by atoms with Gasteiger partial charge in [0.1, 0.15) is 5.75 Å². The Hall–Kier alpha value is -2.54. The highest BCUT2D eigenvalue weighted by atomic mass is 32.1. The molecular weight excluding hydrogens is 290 g/mol. The van der Waals surface area contributed by atoms with Crippen molar-refractivity contribution in [2.75, 3.05) is 12.4 Å². The van der Waals surface area contributed by atoms with E-state index in [9.17, 15) is 4.79 Å². The number of amidine groups is 1. The molecule has 1 aromatic carbocycles. The fourth-order valence-corrected chi connectivity index (χ4v) is 2.51. The van der Waals surface area contributed by atoms with Gasteiger partial charge in [-0.05, 0) is 37.3 Å². The standard InChI is InChI=1S/C14H15N3O3S/c1-8-3-6-12(21-8)14(18)16-10-5-4-9(13(15)17-19)7-11(10)20-2/h3-7,19H,1-2H3,(H2,15,17)(H,16,18). The third kappa shape index (κ3) is 3.32. The van der Waals surface area contributed by atoms with Crippen LogP contribution < -0.4 is 15.8 Å². The Morgan fingerprint density at radius 3 is 2.71 bits per heavy atom. The molecule has 7 heteroatoms. The second kappa shape index (κ2) is 6.27. The van der Waals surface area contributed by atoms with Crippen LogP contribution in [-0.4, -0.2) is 24.1 Å². The van der Waals surface area contributed by atoms with Crippen molar-refractivity contribution in [3.8, 4) is 5.75 Å². The highest BCUT2D eigenvalue weighted by Gasteiger charge is 2.13. The number of ether oxygens (including phenoxy) is 1. The monoisotopic (exact) mass is 305 g/mol. The van der Waals surface area contributed by atoms with E-state index in [-0.39, 0.29) is 11.7 Å². The van der Waals surface area contributed by atoms with Crippen molar-refractivity contribution >= 4 is 28.8 Å². The van der Waals surface area contributed by atoms with Gasteiger partial charge in [0, 0.05) is 10.4 Å². The molecule has 0 aliphatic heterocycles. The van der Waals surface area contributed by atoms with E-state index in [2.05, 4.69) is 10.5 Å². The number of hydrogen-bond acceptors (Lipinski definition) is 5. The number of aryl methyl sites for hydroxylation is 1. The number of hydrogen-bond donors (Lipinski definition) is 3. The van der Waals surface area contributed by atoms with Gasteiger partial charge in [0.25, 0.3) is 5.91 Å². The predicted octanol–water partition coefficient (Wildman–Crippen LogP) is 2.41. The first-order valence-corrected chi connectivity index (χ1v) is 6.90. The lowest BCUT2D eigenvalue weighted by Crippen LogP contribution is -2.15. The number of oxime groups is 1. The SMILES string of the molecule is COc1cc(/C(N)=N/O)ccc1NC(=O)c1ccc(C)s1. The molecule has 2 aromatic rings. The molecule has 0 fully saturated rings. The lowest BCUT2D eigenvalue weighted by molar-refractivity contribution is 0.103. The summed E-state index contributed by atoms with van der Waals surface area (Å²) >= 11 is 1.42. The van der Waals surface area contributed by atoms with Crippen LogP contribution in [0.3, 0.4) is 0 Å². The molecule has 0 saturated heterocycles. The summed E-state index contributed by atoms with van der Waals surface area (Å²) in [6, 6.07) is 8.52. The van der Waals surface area contributed by atoms with Gasteiger partial charge in [-0.2, -0.15) is 0 Å². The van der Waals surface area contributed by atoms with Crippen molar-refractivity contribution in [3.63, 3.8) is 0 Å². The number of amides is 1. The third-order valence-electron chi connectivity index (χ3n) is 2.82. The summed E-state index contributed by atoms with van der Waals surface area (Å²) in [5.74, 6) is 0.198. The minimum Gasteiger partial charge on any atom is -0.495 e. The number of thiophene rings is 1. The number of anilines is 1. The largest absolute Gasteiger partial charge is 0.495 e. The molecule has 0 bridgehead atoms. The number of nitrogens with zero attached hydrogens (tertiary/aromatic N) is 1. The van der Waals surface area contributed by atoms with E-state index in [4.69, 9.17) is 15.7 Å². The molecule has 1 amide bonds. The van der Waals surface area contributed by atoms with Crippen molar-refractivity contribution in [2.45, 2.75) is 6.92 Å². The first kappa shape index (κ1) is 14.9. The number of carbonyl (C=O) groups is 1. The molecule has 1 aromatic heterocycles. The number of rotatable bonds is 4. The highest BCUT2D eigenvalue weighted by molar-refractivity contribution is 7.14. The number of methoxy groups -OCH3 is 1. The normalized spacial score (nSPS) is 11.2. The number of carbonyl (C=O) groups excluding carboxylic acids is 1. The molecule has 6 nitrogen and oxygen atoms in total. The van der Waals surface area contributed by atoms with Crippen LogP contribution in [0, 0.1) is 6.92 Å². The van der Waals surface area contributed by atoms with Crippen molar-refractivity contribution in [2.24, 2.45) is 10.9 Å². The molecule has 2 rings (SSSR count). The van der Waals surface area contributed by atoms with E-state index < -0.39 is 0 Å². The average molecular weight is 305 g/mol. The van der Waals surface area contributed by atoms with Crippen LogP contribution in [0.25, 0.3) is 0 Å². The van der Waals surface area contributed by atoms with Crippen LogP contribution >= 0.6 is 11.3 Å². The summed E-state index contributed by atoms with van der Waals surface area (Å²) in [7, 11) is 1.48. The summed E-state index contributed by atoms with van der Waals surface area (Å²) in [4.78, 5) is 13.8. The van der Waals surface area contributed by atoms with E-state index in [1.165, 1.54) is 18.4 Å². The maximum absolute atomic E-state index is 12.1. The van der Waals surface area contributed by atoms with Crippen molar-refractivity contribution < 1.29 is 14.7 Å². The van der Waals surface area contributed by atoms with E-state index in [1.54, 1.807) is 24.3 Å². The van der Waals surface area contributed by atoms with Crippen LogP contribution in [0.4, 0.5) is 5.69 Å². The van der Waals surface area contributed by atoms with Gasteiger partial charge < -0.3 is 21.0 Å². The molecule has 0 aliphatic carbocycles. The number of nitrogens with one attached hydrogen (secondary N) is 1. The molecule has 21 heavy (non-hydrogen) atoms. The van der Waals surface area contributed by atoms with Gasteiger partial charge in [-0.15, -0.1) is 11.3 Å². The highest BCUT2D eigenvalue weighted by Crippen LogP contribution is 2.27. The summed E-state index contributed by atoms with van der Waals surface area (Å²) < 4.78 is 5.22. The van der Waals surface area contributed by atoms with E-state index in [0.717, 1.165) is 4.88 Å². The topological polar surface area (TPSA) is 96.9 Å². The quantitative estimate of drug-likeness (QED) is 0.350. The van der Waals surface area contributed by atoms with Gasteiger partial charge in [0.2, 0.25) is 0 Å². The van der Waals surface area contributed by atoms with Gasteiger partial charge in [-0.25, -0.2) is 0 Å². The van der Waals surface area contributed by atoms with E-state index in [0.29, 0.717) is 21.9 Å². The summed E-state index contributed by atoms with van der Waals surface area (Å²) in [5, 5.41) is 14.4. The molecule has 4 N–H and O–H groups in total. The zero-order chi connectivity index (χ0) is 15.4. The Balaban J connectivity index is 2.26. The first-order valence-electron chi connectivity index (χ1n) is 6.09. The Bertz CT molecular complexity index is 695. The lowest BCUT2D eigenvalue weighted by Gasteiger charge is -2.11. The van der Waals surface area contributed by atoms with Gasteiger partial charge in [0.05, 0.1) is 17.7 Å². The molecular formula is C14H15N3O3S. The van der Waals surface area contributed by atoms with Crippen molar-refractivity contribution in [1.29, 1.82) is 0 Å². The molecule has 110 valence electrons. The van der Waals surface area contributed by atoms with Crippen molar-refractivity contribution in [1.82, 2.24) is 0 Å². The molecule has 1 heterocycles. The summed E-state index contributed by atoms with van der Waals surface area (Å²) in [5.41, 5.74) is 6.54. The zero-order valence-electron chi connectivity index (χ0n) is 11.6. The Kier molecular flexibility index (Phi) is 4.44. The molecule has 0 aliphatic rings. The lowest BCUT2D eigenvalue weighted by atomic mass is 10.1. The minimum atomic E-state index is -0.206. The van der Waals surface area contributed by atoms with Gasteiger partial charge in [-0.3, -0.25) is 4.79 Å². The maximum atomic E-state index is 12.1. The van der Waals surface area contributed by atoms with Crippen LogP contribution in [0.2, 0.25) is 0 Å². The fourth-order valence-electron chi connectivity index (χ4n) is 1.75. The summed E-state index contributed by atoms with van der Waals surface area (Å²) in [6.45, 7) is 1.94. The fraction of sp³-hybridized carbons (Fsp3) is 0.143. The number of nitrogens with two attached hydrogens (primary N) is 1. The first-order chi connectivity index (χ1) is 10.0. The van der Waals surface area contributed by atoms with Gasteiger partial charge in [-0.1, -0.05) is 5.16 Å². The van der Waals surface area contributed by atoms with Gasteiger partial charge in [0.15, 0.2) is 5.84 Å². The van der Waals surface area contributed by atoms with E-state index >= 15 is 0 Å². The summed E-state index contributed by atoms with van der Waals surface area (Å²) in [6.07, 6.45) is 0. The van der Waals surface area contributed by atoms with Crippen LogP contribution in [0.15, 0.2) is 35.5 Å². The Morgan fingerprint density at radius 2 is 2.14 bits per heavy atom. The molecule has 0 unspecified atom stereocenters. The molecule has 0 spiro atoms. The second-order valence-corrected chi connectivity index (χ2v) is 5.55. The minimum absolute atomic E-state index is 0.0277. The number of benzene rings is 1. The van der Waals surface area contributed by atoms with Crippen LogP contribution in [0.1, 0.15) is 20.1 Å². The van der Waals surface area contributed by atoms with Gasteiger partial charge >= 0.3 is 0 Å². The molecule has 0 saturated carbocycles. The predicted molar refractivity (Wildman–Crippen MR) is 82.5 cm³/mol. The Labute approximate surface area is 125 Å². The molecule has 0 radical (unpaired) electrons. The maximum Gasteiger partial charge on any atom is 0.265 e. The molecule has 0 atom stereocenters.